The number of aromatic nitrogens is 1. The molecule has 148 heavy (non-hydrogen) atoms. The van der Waals surface area contributed by atoms with Crippen molar-refractivity contribution in [1.82, 2.24) is 58.2 Å². The molecule has 12 unspecified atom stereocenters. The predicted molar refractivity (Wildman–Crippen MR) is 553 cm³/mol. The van der Waals surface area contributed by atoms with Crippen LogP contribution in [0.25, 0.3) is 0 Å². The molecule has 32 nitrogen and oxygen atoms in total. The van der Waals surface area contributed by atoms with Crippen molar-refractivity contribution in [2.24, 2.45) is 28.1 Å². The second-order valence-electron chi connectivity index (χ2n) is 40.9. The van der Waals surface area contributed by atoms with Crippen LogP contribution in [0.15, 0.2) is 237 Å². The van der Waals surface area contributed by atoms with Gasteiger partial charge in [0.25, 0.3) is 0 Å². The molecule has 780 valence electrons. The van der Waals surface area contributed by atoms with Crippen LogP contribution in [-0.4, -0.2) is 201 Å². The topological polar surface area (TPSA) is 448 Å². The molecule has 16 rings (SSSR count). The number of hydrogen-bond donors (Lipinski definition) is 10. The Morgan fingerprint density at radius 1 is 0.365 bits per heavy atom. The average Bonchev–Trinajstić information content (AvgIpc) is 1.75. The molecule has 12 atom stereocenters. The first-order chi connectivity index (χ1) is 70.8. The molecule has 1 aromatic heterocycles. The summed E-state index contributed by atoms with van der Waals surface area (Å²) in [6, 6.07) is 65.1. The molecule has 4 aliphatic heterocycles. The van der Waals surface area contributed by atoms with Crippen LogP contribution in [-0.2, 0) is 134 Å². The Hall–Kier alpha value is -15.1. The summed E-state index contributed by atoms with van der Waals surface area (Å²) in [5, 5.41) is 28.4. The van der Waals surface area contributed by atoms with Gasteiger partial charge in [0.15, 0.2) is 23.1 Å². The van der Waals surface area contributed by atoms with Crippen LogP contribution >= 0.6 is 0 Å². The maximum atomic E-state index is 13.8. The number of nitrogens with zero attached hydrogens (tertiary/aromatic N) is 1. The van der Waals surface area contributed by atoms with Crippen LogP contribution in [0.5, 0.6) is 23.0 Å². The standard InChI is InChI=1S/C30H37N3O5.C30H32N2O6.2C28H33N3O5/c1-29(16-17-29)26(35)23(18-20-8-5-4-6-9-20)31-27(36)24(19-21-11-13-22(38-3)14-12-21)32-28(37)30(2)15-7-10-25(34)33-30;1-30(19-38-30)27(33)26(16-20-7-5-4-6-8-20)32-28(34)23(15-21-9-11-25(36-2)12-10-21)18-24-17-22(13-14-31-24)29(35)37-3;1-27(13-14-27)24(33)21(15-18-7-5-4-6-8-18)29-25(34)22(16-19-9-11-20(36-3)12-10-19)30-26(35)28(2)17-23(32)31-28;1-28(12-13-28)25(33)22(14-18-6-4-3-5-7-18)30-27(35)23(15-19-8-10-21(36-2)11-9-19)31-26(34)20-16-24(32)29-17-20/h4-6,8-9,11-14,23-24H,7,10,15-19H2,1-3H3,(H,31,36)(H,32,37)(H,33,34);4-14,17,23,26H,15-16,18-19H2,1-3H3,(H,32,34);4-12,21-22H,13-17H2,1-3H3,(H,29,34)(H,30,35)(H,31,32);3-11,20,22-23H,12-17H2,1-2H3,(H,29,32)(H,30,35)(H,31,34). The number of Topliss-reactive ketones (excluding diaryl/α,β-unsaturated/α-hetero) is 4. The Bertz CT molecular complexity index is 6190. The smallest absolute Gasteiger partial charge is 0.337 e. The Balaban J connectivity index is 0.000000165. The van der Waals surface area contributed by atoms with E-state index in [9.17, 15) is 71.9 Å². The monoisotopic (exact) mass is 2020 g/mol. The van der Waals surface area contributed by atoms with E-state index in [4.69, 9.17) is 28.4 Å². The number of carbonyl (C=O) groups excluding carboxylic acids is 15. The number of piperidine rings is 1. The van der Waals surface area contributed by atoms with Gasteiger partial charge >= 0.3 is 5.97 Å². The molecule has 7 fully saturated rings. The average molecular weight is 2020 g/mol. The van der Waals surface area contributed by atoms with E-state index in [1.807, 2.05) is 203 Å². The minimum atomic E-state index is -1.10. The van der Waals surface area contributed by atoms with Crippen molar-refractivity contribution < 1.29 is 100 Å². The number of rotatable bonds is 45. The highest BCUT2D eigenvalue weighted by molar-refractivity contribution is 6.04. The number of methoxy groups -OCH3 is 5. The van der Waals surface area contributed by atoms with E-state index < -0.39 is 123 Å². The number of hydrogen-bond acceptors (Lipinski definition) is 22. The summed E-state index contributed by atoms with van der Waals surface area (Å²) in [5.41, 5.74) is 3.80. The first-order valence-corrected chi connectivity index (χ1v) is 50.4. The maximum Gasteiger partial charge on any atom is 0.337 e. The SMILES string of the molecule is COC(=O)c1ccnc(CC(Cc2ccc(OC)cc2)C(=O)NC(Cc2ccccc2)C(=O)C2(C)CO2)c1.COc1ccc(CC(NC(=O)C2(C)CC(=O)N2)C(=O)NC(Cc2ccccc2)C(=O)C2(C)CC2)cc1.COc1ccc(CC(NC(=O)C2(C)CCCC(=O)N2)C(=O)NC(Cc2ccccc2)C(=O)C2(C)CC2)cc1.COc1ccc(CC(NC(=O)C2CNC(=O)C2)C(=O)NC(Cc2ccccc2)C(=O)C2(C)CC2)cc1. The van der Waals surface area contributed by atoms with E-state index >= 15 is 0 Å². The van der Waals surface area contributed by atoms with E-state index in [2.05, 4.69) is 58.2 Å². The summed E-state index contributed by atoms with van der Waals surface area (Å²) in [6.45, 7) is 11.4. The number of ether oxygens (including phenoxy) is 6. The number of esters is 1. The van der Waals surface area contributed by atoms with Crippen molar-refractivity contribution in [3.63, 3.8) is 0 Å². The fourth-order valence-electron chi connectivity index (χ4n) is 18.2. The highest BCUT2D eigenvalue weighted by atomic mass is 16.6. The largest absolute Gasteiger partial charge is 0.497 e. The third-order valence-electron chi connectivity index (χ3n) is 28.7. The van der Waals surface area contributed by atoms with E-state index in [1.165, 1.54) is 13.3 Å². The zero-order chi connectivity index (χ0) is 106. The summed E-state index contributed by atoms with van der Waals surface area (Å²) < 4.78 is 31.1. The molecule has 10 amide bonds. The van der Waals surface area contributed by atoms with Crippen LogP contribution in [0, 0.1) is 28.1 Å². The number of nitrogens with one attached hydrogen (secondary N) is 10. The van der Waals surface area contributed by atoms with Gasteiger partial charge in [0.05, 0.1) is 84.2 Å². The zero-order valence-electron chi connectivity index (χ0n) is 85.8. The molecule has 9 aromatic rings. The van der Waals surface area contributed by atoms with Gasteiger partial charge in [0.2, 0.25) is 59.1 Å². The van der Waals surface area contributed by atoms with Crippen molar-refractivity contribution >= 4 is 88.2 Å². The van der Waals surface area contributed by atoms with E-state index in [0.717, 1.165) is 83.0 Å². The quantitative estimate of drug-likeness (QED) is 0.00963. The Morgan fingerprint density at radius 3 is 1.01 bits per heavy atom. The number of amides is 10. The number of β-lactam (4-membered cyclic amide) rings is 1. The second-order valence-corrected chi connectivity index (χ2v) is 40.9. The highest BCUT2D eigenvalue weighted by Crippen LogP contribution is 2.49. The summed E-state index contributed by atoms with van der Waals surface area (Å²) in [5.74, 6) is -2.27. The fourth-order valence-corrected chi connectivity index (χ4v) is 18.2. The van der Waals surface area contributed by atoms with Gasteiger partial charge in [0.1, 0.15) is 57.8 Å². The van der Waals surface area contributed by atoms with Crippen molar-refractivity contribution in [3.8, 4) is 23.0 Å². The normalized spacial score (nSPS) is 19.9. The van der Waals surface area contributed by atoms with Gasteiger partial charge in [0, 0.05) is 79.1 Å². The van der Waals surface area contributed by atoms with Gasteiger partial charge in [-0.3, -0.25) is 72.1 Å². The minimum absolute atomic E-state index is 0.00689. The lowest BCUT2D eigenvalue weighted by Gasteiger charge is -2.38. The van der Waals surface area contributed by atoms with Gasteiger partial charge in [-0.05, 0) is 209 Å². The first-order valence-electron chi connectivity index (χ1n) is 50.4. The van der Waals surface area contributed by atoms with Crippen molar-refractivity contribution in [3.05, 3.63) is 292 Å². The van der Waals surface area contributed by atoms with E-state index in [0.29, 0.717) is 92.2 Å². The zero-order valence-corrected chi connectivity index (χ0v) is 85.8. The number of carbonyl (C=O) groups is 15. The fraction of sp³-hybridized carbons (Fsp3) is 0.414. The molecule has 8 aromatic carbocycles. The number of benzene rings is 8. The Morgan fingerprint density at radius 2 is 0.689 bits per heavy atom. The molecule has 0 bridgehead atoms. The highest BCUT2D eigenvalue weighted by Gasteiger charge is 2.54. The van der Waals surface area contributed by atoms with Gasteiger partial charge in [-0.2, -0.15) is 0 Å². The molecule has 5 heterocycles. The molecule has 32 heteroatoms. The van der Waals surface area contributed by atoms with Crippen LogP contribution < -0.4 is 72.1 Å². The van der Waals surface area contributed by atoms with Crippen LogP contribution in [0.2, 0.25) is 0 Å². The maximum absolute atomic E-state index is 13.8. The van der Waals surface area contributed by atoms with Crippen LogP contribution in [0.1, 0.15) is 173 Å². The molecular weight excluding hydrogens is 1880 g/mol. The van der Waals surface area contributed by atoms with Crippen molar-refractivity contribution in [2.75, 3.05) is 48.7 Å². The third-order valence-corrected chi connectivity index (χ3v) is 28.7. The van der Waals surface area contributed by atoms with Gasteiger partial charge in [-0.25, -0.2) is 4.79 Å². The molecule has 3 aliphatic carbocycles. The molecule has 7 aliphatic rings. The van der Waals surface area contributed by atoms with Gasteiger partial charge in [-0.15, -0.1) is 0 Å². The second kappa shape index (κ2) is 49.9. The molecular formula is C116H135N11O21. The predicted octanol–water partition coefficient (Wildman–Crippen LogP) is 10.3. The Kier molecular flexibility index (Phi) is 37.1. The van der Waals surface area contributed by atoms with Crippen molar-refractivity contribution in [1.29, 1.82) is 0 Å². The molecule has 0 radical (unpaired) electrons. The van der Waals surface area contributed by atoms with Crippen LogP contribution in [0.3, 0.4) is 0 Å². The first kappa shape index (κ1) is 110. The van der Waals surface area contributed by atoms with E-state index in [-0.39, 0.29) is 97.7 Å². The van der Waals surface area contributed by atoms with Gasteiger partial charge in [-0.1, -0.05) is 191 Å². The Labute approximate surface area is 863 Å². The lowest BCUT2D eigenvalue weighted by atomic mass is 9.87. The number of pyridine rings is 1. The molecule has 10 N–H and O–H groups in total. The van der Waals surface area contributed by atoms with Gasteiger partial charge < -0.3 is 81.6 Å². The van der Waals surface area contributed by atoms with E-state index in [1.54, 1.807) is 97.7 Å². The lowest BCUT2D eigenvalue weighted by molar-refractivity contribution is -0.144. The number of ketones is 4. The molecule has 4 saturated heterocycles. The molecule has 3 saturated carbocycles. The van der Waals surface area contributed by atoms with Crippen molar-refractivity contribution in [2.45, 2.75) is 229 Å². The molecule has 0 spiro atoms. The summed E-state index contributed by atoms with van der Waals surface area (Å²) in [6.07, 6.45) is 10.8. The summed E-state index contributed by atoms with van der Waals surface area (Å²) >= 11 is 0. The minimum Gasteiger partial charge on any atom is -0.497 e. The lowest BCUT2D eigenvalue weighted by Crippen LogP contribution is -2.68. The summed E-state index contributed by atoms with van der Waals surface area (Å²) in [7, 11) is 7.64. The van der Waals surface area contributed by atoms with Crippen LogP contribution in [0.4, 0.5) is 0 Å². The number of epoxide rings is 1. The summed E-state index contributed by atoms with van der Waals surface area (Å²) in [4.78, 5) is 199. The third kappa shape index (κ3) is 30.8.